The molecule has 5 nitrogen and oxygen atoms in total. The van der Waals surface area contributed by atoms with Crippen LogP contribution < -0.4 is 5.32 Å². The fourth-order valence-electron chi connectivity index (χ4n) is 2.85. The Kier molecular flexibility index (Phi) is 10.8. The molecule has 0 heterocycles. The van der Waals surface area contributed by atoms with E-state index in [1.807, 2.05) is 6.92 Å². The van der Waals surface area contributed by atoms with Gasteiger partial charge in [-0.1, -0.05) is 51.2 Å². The first kappa shape index (κ1) is 23.2. The van der Waals surface area contributed by atoms with Crippen LogP contribution in [0.25, 0.3) is 0 Å². The molecule has 0 aliphatic heterocycles. The average Bonchev–Trinajstić information content (AvgIpc) is 2.63. The fourth-order valence-corrected chi connectivity index (χ4v) is 3.66. The number of anilines is 1. The lowest BCUT2D eigenvalue weighted by Gasteiger charge is -2.15. The molecule has 0 radical (unpaired) electrons. The number of amides is 1. The van der Waals surface area contributed by atoms with Gasteiger partial charge >= 0.3 is 5.97 Å². The minimum absolute atomic E-state index is 0.0705. The molecule has 2 N–H and O–H groups in total. The topological polar surface area (TPSA) is 83.5 Å². The zero-order valence-electron chi connectivity index (χ0n) is 16.6. The lowest BCUT2D eigenvalue weighted by Crippen LogP contribution is -2.18. The summed E-state index contributed by atoms with van der Waals surface area (Å²) < 4.78 is 0. The van der Waals surface area contributed by atoms with E-state index >= 15 is 0 Å². The number of Topliss-reactive ketones (excluding diaryl/α,β-unsaturated/α-hetero) is 1. The van der Waals surface area contributed by atoms with E-state index in [1.165, 1.54) is 32.1 Å². The number of aryl methyl sites for hydroxylation is 1. The molecule has 1 aromatic rings. The number of carbonyl (C=O) groups excluding carboxylic acids is 2. The van der Waals surface area contributed by atoms with Gasteiger partial charge in [-0.3, -0.25) is 9.59 Å². The van der Waals surface area contributed by atoms with Gasteiger partial charge in [-0.05, 0) is 42.7 Å². The van der Waals surface area contributed by atoms with Gasteiger partial charge in [0.15, 0.2) is 0 Å². The first-order chi connectivity index (χ1) is 12.9. The van der Waals surface area contributed by atoms with Crippen LogP contribution >= 0.6 is 11.8 Å². The summed E-state index contributed by atoms with van der Waals surface area (Å²) in [4.78, 5) is 34.5. The van der Waals surface area contributed by atoms with Crippen LogP contribution in [0.1, 0.15) is 62.1 Å². The largest absolute Gasteiger partial charge is 0.475 e. The second-order valence-electron chi connectivity index (χ2n) is 6.82. The molecule has 1 rings (SSSR count). The van der Waals surface area contributed by atoms with Gasteiger partial charge in [0.2, 0.25) is 11.7 Å². The van der Waals surface area contributed by atoms with Crippen molar-refractivity contribution in [2.45, 2.75) is 65.7 Å². The normalized spacial score (nSPS) is 10.6. The molecule has 27 heavy (non-hydrogen) atoms. The summed E-state index contributed by atoms with van der Waals surface area (Å²) in [6, 6.07) is 3.55. The van der Waals surface area contributed by atoms with Crippen molar-refractivity contribution >= 4 is 35.1 Å². The Morgan fingerprint density at radius 2 is 1.70 bits per heavy atom. The molecule has 1 aromatic carbocycles. The SMILES string of the molecule is CCCCCCCCSCC(=O)Nc1c(C)ccc(CC(=O)C(=O)O)c1C. The van der Waals surface area contributed by atoms with Gasteiger partial charge in [0.25, 0.3) is 0 Å². The van der Waals surface area contributed by atoms with Crippen LogP contribution in [0.5, 0.6) is 0 Å². The molecular weight excluding hydrogens is 362 g/mol. The Morgan fingerprint density at radius 1 is 1.04 bits per heavy atom. The third-order valence-corrected chi connectivity index (χ3v) is 5.56. The summed E-state index contributed by atoms with van der Waals surface area (Å²) in [6.07, 6.45) is 7.28. The van der Waals surface area contributed by atoms with Crippen molar-refractivity contribution in [1.29, 1.82) is 0 Å². The number of nitrogens with one attached hydrogen (secondary N) is 1. The standard InChI is InChI=1S/C21H31NO4S/c1-4-5-6-7-8-9-12-27-14-19(24)22-20-15(2)10-11-17(16(20)3)13-18(23)21(25)26/h10-11H,4-9,12-14H2,1-3H3,(H,22,24)(H,25,26). The van der Waals surface area contributed by atoms with Crippen molar-refractivity contribution in [3.8, 4) is 0 Å². The smallest absolute Gasteiger partial charge is 0.372 e. The Labute approximate surface area is 166 Å². The molecule has 0 bridgehead atoms. The number of hydrogen-bond acceptors (Lipinski definition) is 4. The number of benzene rings is 1. The van der Waals surface area contributed by atoms with Crippen LogP contribution in [0, 0.1) is 13.8 Å². The third kappa shape index (κ3) is 8.61. The van der Waals surface area contributed by atoms with Crippen LogP contribution in [0.2, 0.25) is 0 Å². The highest BCUT2D eigenvalue weighted by atomic mass is 32.2. The zero-order valence-corrected chi connectivity index (χ0v) is 17.4. The van der Waals surface area contributed by atoms with Crippen molar-refractivity contribution in [1.82, 2.24) is 0 Å². The molecule has 0 spiro atoms. The van der Waals surface area contributed by atoms with Crippen LogP contribution in [-0.4, -0.2) is 34.3 Å². The molecule has 0 aliphatic carbocycles. The highest BCUT2D eigenvalue weighted by molar-refractivity contribution is 7.99. The van der Waals surface area contributed by atoms with Crippen molar-refractivity contribution in [2.24, 2.45) is 0 Å². The molecule has 0 fully saturated rings. The molecule has 150 valence electrons. The van der Waals surface area contributed by atoms with E-state index in [1.54, 1.807) is 30.8 Å². The Hall–Kier alpha value is -1.82. The van der Waals surface area contributed by atoms with Gasteiger partial charge < -0.3 is 10.4 Å². The van der Waals surface area contributed by atoms with Crippen molar-refractivity contribution in [3.05, 3.63) is 28.8 Å². The van der Waals surface area contributed by atoms with Crippen LogP contribution in [0.4, 0.5) is 5.69 Å². The molecule has 0 unspecified atom stereocenters. The number of hydrogen-bond donors (Lipinski definition) is 2. The van der Waals surface area contributed by atoms with Crippen molar-refractivity contribution in [2.75, 3.05) is 16.8 Å². The Balaban J connectivity index is 2.49. The van der Waals surface area contributed by atoms with Gasteiger partial charge in [-0.2, -0.15) is 11.8 Å². The van der Waals surface area contributed by atoms with Crippen molar-refractivity contribution < 1.29 is 19.5 Å². The molecule has 0 saturated carbocycles. The predicted octanol–water partition coefficient (Wildman–Crippen LogP) is 4.53. The number of ketones is 1. The maximum atomic E-state index is 12.2. The molecule has 0 aromatic heterocycles. The number of carbonyl (C=O) groups is 3. The summed E-state index contributed by atoms with van der Waals surface area (Å²) in [6.45, 7) is 5.89. The molecular formula is C21H31NO4S. The van der Waals surface area contributed by atoms with Crippen LogP contribution in [-0.2, 0) is 20.8 Å². The van der Waals surface area contributed by atoms with E-state index in [2.05, 4.69) is 12.2 Å². The van der Waals surface area contributed by atoms with Gasteiger partial charge in [0.1, 0.15) is 0 Å². The highest BCUT2D eigenvalue weighted by Gasteiger charge is 2.16. The third-order valence-electron chi connectivity index (χ3n) is 4.51. The lowest BCUT2D eigenvalue weighted by molar-refractivity contribution is -0.148. The quantitative estimate of drug-likeness (QED) is 0.380. The molecule has 0 aliphatic rings. The zero-order chi connectivity index (χ0) is 20.2. The van der Waals surface area contributed by atoms with Crippen LogP contribution in [0.15, 0.2) is 12.1 Å². The fraction of sp³-hybridized carbons (Fsp3) is 0.571. The van der Waals surface area contributed by atoms with Gasteiger partial charge in [0.05, 0.1) is 5.75 Å². The number of rotatable bonds is 13. The maximum absolute atomic E-state index is 12.2. The summed E-state index contributed by atoms with van der Waals surface area (Å²) in [5, 5.41) is 11.7. The summed E-state index contributed by atoms with van der Waals surface area (Å²) in [7, 11) is 0. The molecule has 1 amide bonds. The summed E-state index contributed by atoms with van der Waals surface area (Å²) in [5.41, 5.74) is 2.95. The number of aliphatic carboxylic acids is 1. The second-order valence-corrected chi connectivity index (χ2v) is 7.92. The minimum Gasteiger partial charge on any atom is -0.475 e. The van der Waals surface area contributed by atoms with E-state index < -0.39 is 11.8 Å². The first-order valence-electron chi connectivity index (χ1n) is 9.59. The second kappa shape index (κ2) is 12.5. The van der Waals surface area contributed by atoms with Gasteiger partial charge in [0, 0.05) is 12.1 Å². The van der Waals surface area contributed by atoms with Gasteiger partial charge in [-0.15, -0.1) is 0 Å². The van der Waals surface area contributed by atoms with E-state index in [-0.39, 0.29) is 12.3 Å². The minimum atomic E-state index is -1.44. The first-order valence-corrected chi connectivity index (χ1v) is 10.7. The predicted molar refractivity (Wildman–Crippen MR) is 112 cm³/mol. The number of unbranched alkanes of at least 4 members (excludes halogenated alkanes) is 5. The average molecular weight is 394 g/mol. The molecule has 0 atom stereocenters. The number of thioether (sulfide) groups is 1. The van der Waals surface area contributed by atoms with Crippen molar-refractivity contribution in [3.63, 3.8) is 0 Å². The molecule has 6 heteroatoms. The summed E-state index contributed by atoms with van der Waals surface area (Å²) >= 11 is 1.63. The van der Waals surface area contributed by atoms with E-state index in [9.17, 15) is 14.4 Å². The van der Waals surface area contributed by atoms with E-state index in [4.69, 9.17) is 5.11 Å². The Bertz CT molecular complexity index is 658. The van der Waals surface area contributed by atoms with Gasteiger partial charge in [-0.25, -0.2) is 4.79 Å². The Morgan fingerprint density at radius 3 is 2.37 bits per heavy atom. The monoisotopic (exact) mass is 393 g/mol. The van der Waals surface area contributed by atoms with E-state index in [0.717, 1.165) is 23.3 Å². The highest BCUT2D eigenvalue weighted by Crippen LogP contribution is 2.24. The number of carboxylic acid groups (broad SMARTS) is 1. The summed E-state index contributed by atoms with van der Waals surface area (Å²) in [5.74, 6) is -0.990. The number of carboxylic acids is 1. The lowest BCUT2D eigenvalue weighted by atomic mass is 9.98. The van der Waals surface area contributed by atoms with Crippen LogP contribution in [0.3, 0.4) is 0 Å². The van der Waals surface area contributed by atoms with E-state index in [0.29, 0.717) is 17.0 Å². The molecule has 0 saturated heterocycles. The maximum Gasteiger partial charge on any atom is 0.372 e.